The summed E-state index contributed by atoms with van der Waals surface area (Å²) in [7, 11) is 0. The Balaban J connectivity index is 2.77. The van der Waals surface area contributed by atoms with E-state index < -0.39 is 5.82 Å². The topological polar surface area (TPSA) is 34.1 Å². The second-order valence-electron chi connectivity index (χ2n) is 3.28. The highest BCUT2D eigenvalue weighted by molar-refractivity contribution is 14.1. The largest absolute Gasteiger partial charge is 0.300 e. The van der Waals surface area contributed by atoms with Crippen LogP contribution in [0.1, 0.15) is 30.1 Å². The Bertz CT molecular complexity index is 381. The number of hydrogen-bond donors (Lipinski definition) is 0. The summed E-state index contributed by atoms with van der Waals surface area (Å²) in [5, 5.41) is 0. The van der Waals surface area contributed by atoms with Gasteiger partial charge in [0.2, 0.25) is 0 Å². The smallest absolute Gasteiger partial charge is 0.163 e. The lowest BCUT2D eigenvalue weighted by Gasteiger charge is -2.01. The molecule has 0 N–H and O–H groups in total. The van der Waals surface area contributed by atoms with Crippen LogP contribution < -0.4 is 0 Å². The molecule has 0 aliphatic heterocycles. The van der Waals surface area contributed by atoms with Crippen LogP contribution in [0.15, 0.2) is 18.2 Å². The highest BCUT2D eigenvalue weighted by Crippen LogP contribution is 2.13. The van der Waals surface area contributed by atoms with Crippen LogP contribution in [0.2, 0.25) is 0 Å². The predicted octanol–water partition coefficient (Wildman–Crippen LogP) is 2.98. The lowest BCUT2D eigenvalue weighted by molar-refractivity contribution is -0.116. The summed E-state index contributed by atoms with van der Waals surface area (Å²) in [5.41, 5.74) is 0.334. The molecule has 0 saturated heterocycles. The van der Waals surface area contributed by atoms with Crippen molar-refractivity contribution in [3.8, 4) is 0 Å². The standard InChI is InChI=1S/C11H10FIO2/c1-7(14)2-3-11(15)8-4-9(12)6-10(13)5-8/h4-6H,2-3H2,1H3. The fourth-order valence-corrected chi connectivity index (χ4v) is 1.78. The van der Waals surface area contributed by atoms with Crippen LogP contribution in [-0.2, 0) is 4.79 Å². The van der Waals surface area contributed by atoms with Gasteiger partial charge in [0.1, 0.15) is 11.6 Å². The summed E-state index contributed by atoms with van der Waals surface area (Å²) < 4.78 is 13.6. The van der Waals surface area contributed by atoms with E-state index in [2.05, 4.69) is 0 Å². The third-order valence-corrected chi connectivity index (χ3v) is 2.51. The quantitative estimate of drug-likeness (QED) is 0.631. The molecular weight excluding hydrogens is 310 g/mol. The van der Waals surface area contributed by atoms with E-state index in [1.165, 1.54) is 19.1 Å². The first-order valence-electron chi connectivity index (χ1n) is 4.48. The Morgan fingerprint density at radius 2 is 1.93 bits per heavy atom. The van der Waals surface area contributed by atoms with Crippen LogP contribution in [0.4, 0.5) is 4.39 Å². The molecule has 0 aromatic heterocycles. The van der Waals surface area contributed by atoms with Gasteiger partial charge in [0.05, 0.1) is 0 Å². The number of rotatable bonds is 4. The molecule has 0 atom stereocenters. The zero-order chi connectivity index (χ0) is 11.4. The van der Waals surface area contributed by atoms with Gasteiger partial charge >= 0.3 is 0 Å². The maximum Gasteiger partial charge on any atom is 0.163 e. The summed E-state index contributed by atoms with van der Waals surface area (Å²) in [5.74, 6) is -0.648. The van der Waals surface area contributed by atoms with E-state index in [0.29, 0.717) is 9.13 Å². The molecule has 2 nitrogen and oxygen atoms in total. The van der Waals surface area contributed by atoms with Crippen molar-refractivity contribution in [2.45, 2.75) is 19.8 Å². The van der Waals surface area contributed by atoms with Gasteiger partial charge in [-0.05, 0) is 47.7 Å². The molecule has 0 amide bonds. The average Bonchev–Trinajstić information content (AvgIpc) is 2.12. The summed E-state index contributed by atoms with van der Waals surface area (Å²) in [6.07, 6.45) is 0.362. The van der Waals surface area contributed by atoms with Crippen molar-refractivity contribution in [2.24, 2.45) is 0 Å². The second-order valence-corrected chi connectivity index (χ2v) is 4.53. The highest BCUT2D eigenvalue weighted by Gasteiger charge is 2.09. The van der Waals surface area contributed by atoms with Crippen LogP contribution in [0.5, 0.6) is 0 Å². The molecule has 0 heterocycles. The molecule has 1 rings (SSSR count). The van der Waals surface area contributed by atoms with Crippen molar-refractivity contribution in [1.29, 1.82) is 0 Å². The molecule has 0 aliphatic carbocycles. The molecule has 1 aromatic rings. The minimum Gasteiger partial charge on any atom is -0.300 e. The number of hydrogen-bond acceptors (Lipinski definition) is 2. The summed E-state index contributed by atoms with van der Waals surface area (Å²) in [6, 6.07) is 4.17. The maximum atomic E-state index is 13.0. The molecule has 0 bridgehead atoms. The van der Waals surface area contributed by atoms with Gasteiger partial charge in [-0.25, -0.2) is 4.39 Å². The molecule has 0 aliphatic rings. The van der Waals surface area contributed by atoms with E-state index in [9.17, 15) is 14.0 Å². The summed E-state index contributed by atoms with van der Waals surface area (Å²) >= 11 is 1.95. The van der Waals surface area contributed by atoms with Crippen LogP contribution in [0, 0.1) is 9.39 Å². The van der Waals surface area contributed by atoms with Gasteiger partial charge in [0.25, 0.3) is 0 Å². The second kappa shape index (κ2) is 5.34. The van der Waals surface area contributed by atoms with E-state index >= 15 is 0 Å². The minimum atomic E-state index is -0.423. The van der Waals surface area contributed by atoms with Crippen LogP contribution in [-0.4, -0.2) is 11.6 Å². The van der Waals surface area contributed by atoms with Gasteiger partial charge in [-0.3, -0.25) is 4.79 Å². The number of halogens is 2. The fraction of sp³-hybridized carbons (Fsp3) is 0.273. The molecule has 4 heteroatoms. The fourth-order valence-electron chi connectivity index (χ4n) is 1.15. The Kier molecular flexibility index (Phi) is 4.38. The normalized spacial score (nSPS) is 10.1. The predicted molar refractivity (Wildman–Crippen MR) is 63.4 cm³/mol. The van der Waals surface area contributed by atoms with E-state index in [0.717, 1.165) is 0 Å². The SMILES string of the molecule is CC(=O)CCC(=O)c1cc(F)cc(I)c1. The number of Topliss-reactive ketones (excluding diaryl/α,β-unsaturated/α-hetero) is 2. The zero-order valence-corrected chi connectivity index (χ0v) is 10.4. The first kappa shape index (κ1) is 12.3. The van der Waals surface area contributed by atoms with Gasteiger partial charge in [-0.2, -0.15) is 0 Å². The number of benzene rings is 1. The number of carbonyl (C=O) groups is 2. The van der Waals surface area contributed by atoms with Gasteiger partial charge < -0.3 is 4.79 Å². The van der Waals surface area contributed by atoms with E-state index in [-0.39, 0.29) is 24.4 Å². The van der Waals surface area contributed by atoms with Gasteiger partial charge in [-0.15, -0.1) is 0 Å². The first-order chi connectivity index (χ1) is 6.99. The third kappa shape index (κ3) is 4.07. The Morgan fingerprint density at radius 3 is 2.47 bits per heavy atom. The van der Waals surface area contributed by atoms with Crippen LogP contribution >= 0.6 is 22.6 Å². The molecule has 0 fully saturated rings. The average molecular weight is 320 g/mol. The van der Waals surface area contributed by atoms with Crippen LogP contribution in [0.25, 0.3) is 0 Å². The van der Waals surface area contributed by atoms with Crippen molar-refractivity contribution < 1.29 is 14.0 Å². The highest BCUT2D eigenvalue weighted by atomic mass is 127. The van der Waals surface area contributed by atoms with Crippen molar-refractivity contribution in [3.63, 3.8) is 0 Å². The van der Waals surface area contributed by atoms with E-state index in [1.807, 2.05) is 22.6 Å². The Labute approximate surface area is 101 Å². The number of carbonyl (C=O) groups excluding carboxylic acids is 2. The van der Waals surface area contributed by atoms with Gasteiger partial charge in [-0.1, -0.05) is 0 Å². The van der Waals surface area contributed by atoms with E-state index in [4.69, 9.17) is 0 Å². The molecule has 0 spiro atoms. The van der Waals surface area contributed by atoms with Gasteiger partial charge in [0.15, 0.2) is 5.78 Å². The van der Waals surface area contributed by atoms with E-state index in [1.54, 1.807) is 6.07 Å². The van der Waals surface area contributed by atoms with Crippen molar-refractivity contribution in [3.05, 3.63) is 33.1 Å². The third-order valence-electron chi connectivity index (χ3n) is 1.89. The minimum absolute atomic E-state index is 0.0329. The molecule has 0 unspecified atom stereocenters. The van der Waals surface area contributed by atoms with Gasteiger partial charge in [0, 0.05) is 22.0 Å². The Morgan fingerprint density at radius 1 is 1.27 bits per heavy atom. The Hall–Kier alpha value is -0.780. The molecule has 1 aromatic carbocycles. The lowest BCUT2D eigenvalue weighted by atomic mass is 10.1. The monoisotopic (exact) mass is 320 g/mol. The molecule has 0 saturated carbocycles. The molecule has 80 valence electrons. The summed E-state index contributed by atoms with van der Waals surface area (Å²) in [6.45, 7) is 1.43. The molecular formula is C11H10FIO2. The number of ketones is 2. The zero-order valence-electron chi connectivity index (χ0n) is 8.22. The van der Waals surface area contributed by atoms with Crippen molar-refractivity contribution in [2.75, 3.05) is 0 Å². The first-order valence-corrected chi connectivity index (χ1v) is 5.55. The van der Waals surface area contributed by atoms with Crippen LogP contribution in [0.3, 0.4) is 0 Å². The molecule has 15 heavy (non-hydrogen) atoms. The lowest BCUT2D eigenvalue weighted by Crippen LogP contribution is -2.03. The molecule has 0 radical (unpaired) electrons. The maximum absolute atomic E-state index is 13.0. The summed E-state index contributed by atoms with van der Waals surface area (Å²) in [4.78, 5) is 22.2. The van der Waals surface area contributed by atoms with Crippen molar-refractivity contribution >= 4 is 34.2 Å². The van der Waals surface area contributed by atoms with Crippen molar-refractivity contribution in [1.82, 2.24) is 0 Å².